The van der Waals surface area contributed by atoms with E-state index in [4.69, 9.17) is 9.47 Å². The summed E-state index contributed by atoms with van der Waals surface area (Å²) < 4.78 is 25.3. The van der Waals surface area contributed by atoms with Gasteiger partial charge in [-0.3, -0.25) is 9.69 Å². The van der Waals surface area contributed by atoms with Crippen LogP contribution in [0.1, 0.15) is 18.1 Å². The fourth-order valence-corrected chi connectivity index (χ4v) is 2.95. The Labute approximate surface area is 159 Å². The highest BCUT2D eigenvalue weighted by molar-refractivity contribution is 5.78. The smallest absolute Gasteiger partial charge is 0.234 e. The van der Waals surface area contributed by atoms with E-state index in [9.17, 15) is 9.18 Å². The summed E-state index contributed by atoms with van der Waals surface area (Å²) in [5, 5.41) is 2.84. The molecule has 0 aromatic heterocycles. The molecule has 144 valence electrons. The van der Waals surface area contributed by atoms with Gasteiger partial charge in [-0.05, 0) is 42.8 Å². The van der Waals surface area contributed by atoms with E-state index in [1.807, 2.05) is 42.2 Å². The minimum Gasteiger partial charge on any atom is -0.486 e. The third-order valence-electron chi connectivity index (χ3n) is 4.57. The van der Waals surface area contributed by atoms with Crippen molar-refractivity contribution >= 4 is 5.91 Å². The number of likely N-dealkylation sites (N-methyl/N-ethyl adjacent to an activating group) is 1. The van der Waals surface area contributed by atoms with Crippen LogP contribution in [0, 0.1) is 12.7 Å². The number of hydrogen-bond acceptors (Lipinski definition) is 4. The molecule has 0 radical (unpaired) electrons. The molecule has 0 bridgehead atoms. The van der Waals surface area contributed by atoms with Gasteiger partial charge >= 0.3 is 0 Å². The number of para-hydroxylation sites is 2. The number of carbonyl (C=O) groups excluding carboxylic acids is 1. The maximum atomic E-state index is 13.6. The van der Waals surface area contributed by atoms with E-state index in [-0.39, 0.29) is 24.4 Å². The molecule has 1 amide bonds. The van der Waals surface area contributed by atoms with Crippen LogP contribution in [0.25, 0.3) is 0 Å². The molecule has 6 heteroatoms. The van der Waals surface area contributed by atoms with E-state index >= 15 is 0 Å². The second kappa shape index (κ2) is 8.86. The Morgan fingerprint density at radius 3 is 2.78 bits per heavy atom. The number of nitrogens with zero attached hydrogens (tertiary/aromatic N) is 1. The van der Waals surface area contributed by atoms with Crippen molar-refractivity contribution in [3.05, 3.63) is 59.4 Å². The molecule has 3 rings (SSSR count). The predicted octanol–water partition coefficient (Wildman–Crippen LogP) is 2.91. The zero-order valence-corrected chi connectivity index (χ0v) is 15.7. The van der Waals surface area contributed by atoms with Crippen LogP contribution in [-0.2, 0) is 11.3 Å². The molecule has 5 nitrogen and oxygen atoms in total. The fraction of sp³-hybridized carbons (Fsp3) is 0.381. The molecule has 1 N–H and O–H groups in total. The van der Waals surface area contributed by atoms with Gasteiger partial charge in [-0.2, -0.15) is 0 Å². The molecule has 1 unspecified atom stereocenters. The summed E-state index contributed by atoms with van der Waals surface area (Å²) in [5.41, 5.74) is 1.34. The van der Waals surface area contributed by atoms with Crippen molar-refractivity contribution in [3.8, 4) is 11.5 Å². The minimum atomic E-state index is -0.258. The molecule has 1 aliphatic rings. The van der Waals surface area contributed by atoms with Gasteiger partial charge < -0.3 is 14.8 Å². The van der Waals surface area contributed by atoms with Gasteiger partial charge in [0.1, 0.15) is 18.5 Å². The molecule has 0 saturated heterocycles. The summed E-state index contributed by atoms with van der Waals surface area (Å²) in [7, 11) is 0. The number of rotatable bonds is 7. The fourth-order valence-electron chi connectivity index (χ4n) is 2.95. The normalized spacial score (nSPS) is 15.6. The Balaban J connectivity index is 1.48. The lowest BCUT2D eigenvalue weighted by Gasteiger charge is -2.30. The van der Waals surface area contributed by atoms with Gasteiger partial charge in [-0.25, -0.2) is 4.39 Å². The van der Waals surface area contributed by atoms with E-state index < -0.39 is 0 Å². The molecule has 27 heavy (non-hydrogen) atoms. The maximum absolute atomic E-state index is 13.6. The van der Waals surface area contributed by atoms with Gasteiger partial charge in [0.2, 0.25) is 5.91 Å². The van der Waals surface area contributed by atoms with Gasteiger partial charge in [0, 0.05) is 13.1 Å². The van der Waals surface area contributed by atoms with Crippen molar-refractivity contribution < 1.29 is 18.7 Å². The molecule has 0 aliphatic carbocycles. The van der Waals surface area contributed by atoms with E-state index in [1.165, 1.54) is 6.07 Å². The van der Waals surface area contributed by atoms with E-state index in [2.05, 4.69) is 5.32 Å². The molecule has 2 aromatic rings. The lowest BCUT2D eigenvalue weighted by Crippen LogP contribution is -2.44. The third-order valence-corrected chi connectivity index (χ3v) is 4.57. The quantitative estimate of drug-likeness (QED) is 0.812. The second-order valence-corrected chi connectivity index (χ2v) is 6.69. The predicted molar refractivity (Wildman–Crippen MR) is 101 cm³/mol. The zero-order chi connectivity index (χ0) is 19.2. The van der Waals surface area contributed by atoms with Crippen LogP contribution in [0.15, 0.2) is 42.5 Å². The molecule has 2 aromatic carbocycles. The summed E-state index contributed by atoms with van der Waals surface area (Å²) in [6.45, 7) is 6.05. The van der Waals surface area contributed by atoms with Gasteiger partial charge in [0.25, 0.3) is 0 Å². The van der Waals surface area contributed by atoms with Crippen molar-refractivity contribution in [2.75, 3.05) is 26.2 Å². The highest BCUT2D eigenvalue weighted by Gasteiger charge is 2.23. The average Bonchev–Trinajstić information content (AvgIpc) is 2.68. The first-order chi connectivity index (χ1) is 13.0. The Kier molecular flexibility index (Phi) is 6.29. The Morgan fingerprint density at radius 1 is 1.26 bits per heavy atom. The lowest BCUT2D eigenvalue weighted by atomic mass is 10.1. The van der Waals surface area contributed by atoms with Crippen LogP contribution >= 0.6 is 0 Å². The molecular weight excluding hydrogens is 347 g/mol. The van der Waals surface area contributed by atoms with E-state index in [1.54, 1.807) is 13.0 Å². The number of aryl methyl sites for hydroxylation is 1. The minimum absolute atomic E-state index is 0.102. The van der Waals surface area contributed by atoms with Gasteiger partial charge in [0.15, 0.2) is 11.5 Å². The van der Waals surface area contributed by atoms with Crippen molar-refractivity contribution in [2.45, 2.75) is 26.5 Å². The highest BCUT2D eigenvalue weighted by atomic mass is 19.1. The summed E-state index contributed by atoms with van der Waals surface area (Å²) in [4.78, 5) is 14.3. The molecule has 0 saturated carbocycles. The molecule has 1 atom stereocenters. The Bertz CT molecular complexity index is 797. The summed E-state index contributed by atoms with van der Waals surface area (Å²) in [5.74, 6) is 1.12. The van der Waals surface area contributed by atoms with Crippen molar-refractivity contribution in [1.82, 2.24) is 10.2 Å². The third kappa shape index (κ3) is 5.20. The Morgan fingerprint density at radius 2 is 2.04 bits per heavy atom. The second-order valence-electron chi connectivity index (χ2n) is 6.69. The van der Waals surface area contributed by atoms with Crippen LogP contribution in [0.3, 0.4) is 0 Å². The summed E-state index contributed by atoms with van der Waals surface area (Å²) in [6, 6.07) is 12.6. The SMILES string of the molecule is CCN(CC(=O)NCc1ccc(C)c(F)c1)CC1COc2ccccc2O1. The zero-order valence-electron chi connectivity index (χ0n) is 15.7. The van der Waals surface area contributed by atoms with Gasteiger partial charge in [0.05, 0.1) is 6.54 Å². The molecule has 1 heterocycles. The summed E-state index contributed by atoms with van der Waals surface area (Å²) >= 11 is 0. The number of benzene rings is 2. The van der Waals surface area contributed by atoms with Crippen LogP contribution in [0.4, 0.5) is 4.39 Å². The first-order valence-corrected chi connectivity index (χ1v) is 9.17. The van der Waals surface area contributed by atoms with Crippen molar-refractivity contribution in [1.29, 1.82) is 0 Å². The van der Waals surface area contributed by atoms with E-state index in [0.29, 0.717) is 31.8 Å². The van der Waals surface area contributed by atoms with Gasteiger partial charge in [-0.1, -0.05) is 31.2 Å². The Hall–Kier alpha value is -2.60. The van der Waals surface area contributed by atoms with Gasteiger partial charge in [-0.15, -0.1) is 0 Å². The largest absolute Gasteiger partial charge is 0.486 e. The highest BCUT2D eigenvalue weighted by Crippen LogP contribution is 2.30. The standard InChI is InChI=1S/C21H25FN2O3/c1-3-24(12-17-14-26-19-6-4-5-7-20(19)27-17)13-21(25)23-11-16-9-8-15(2)18(22)10-16/h4-10,17H,3,11-14H2,1-2H3,(H,23,25). The number of halogens is 1. The number of nitrogens with one attached hydrogen (secondary N) is 1. The van der Waals surface area contributed by atoms with Crippen LogP contribution < -0.4 is 14.8 Å². The molecule has 0 fully saturated rings. The first-order valence-electron chi connectivity index (χ1n) is 9.17. The summed E-state index contributed by atoms with van der Waals surface area (Å²) in [6.07, 6.45) is -0.126. The number of ether oxygens (including phenoxy) is 2. The first kappa shape index (κ1) is 19.2. The number of amides is 1. The monoisotopic (exact) mass is 372 g/mol. The average molecular weight is 372 g/mol. The maximum Gasteiger partial charge on any atom is 0.234 e. The lowest BCUT2D eigenvalue weighted by molar-refractivity contribution is -0.122. The molecule has 1 aliphatic heterocycles. The number of fused-ring (bicyclic) bond motifs is 1. The van der Waals surface area contributed by atoms with E-state index in [0.717, 1.165) is 17.1 Å². The number of hydrogen-bond donors (Lipinski definition) is 1. The number of carbonyl (C=O) groups is 1. The van der Waals surface area contributed by atoms with Crippen LogP contribution in [-0.4, -0.2) is 43.2 Å². The molecular formula is C21H25FN2O3. The van der Waals surface area contributed by atoms with Crippen molar-refractivity contribution in [3.63, 3.8) is 0 Å². The van der Waals surface area contributed by atoms with Crippen molar-refractivity contribution in [2.24, 2.45) is 0 Å². The molecule has 0 spiro atoms. The topological polar surface area (TPSA) is 50.8 Å². The van der Waals surface area contributed by atoms with Crippen LogP contribution in [0.2, 0.25) is 0 Å². The van der Waals surface area contributed by atoms with Crippen LogP contribution in [0.5, 0.6) is 11.5 Å².